The van der Waals surface area contributed by atoms with E-state index in [-0.39, 0.29) is 6.04 Å². The summed E-state index contributed by atoms with van der Waals surface area (Å²) in [6.07, 6.45) is 1.80. The molecule has 0 saturated heterocycles. The summed E-state index contributed by atoms with van der Waals surface area (Å²) in [4.78, 5) is 9.95. The number of aryl methyl sites for hydroxylation is 2. The first-order chi connectivity index (χ1) is 8.60. The Hall–Kier alpha value is -1.62. The quantitative estimate of drug-likeness (QED) is 0.887. The van der Waals surface area contributed by atoms with Crippen LogP contribution in [0.5, 0.6) is 0 Å². The van der Waals surface area contributed by atoms with Crippen molar-refractivity contribution in [3.05, 3.63) is 33.9 Å². The molecule has 2 aromatic rings. The first-order valence-corrected chi connectivity index (χ1v) is 6.76. The van der Waals surface area contributed by atoms with Crippen LogP contribution >= 0.6 is 11.3 Å². The third-order valence-corrected chi connectivity index (χ3v) is 3.99. The van der Waals surface area contributed by atoms with E-state index in [0.29, 0.717) is 0 Å². The fourth-order valence-corrected chi connectivity index (χ4v) is 2.85. The van der Waals surface area contributed by atoms with Crippen LogP contribution in [0, 0.1) is 13.8 Å². The highest BCUT2D eigenvalue weighted by molar-refractivity contribution is 7.11. The van der Waals surface area contributed by atoms with Crippen LogP contribution in [0.2, 0.25) is 0 Å². The molecule has 4 nitrogen and oxygen atoms in total. The maximum atomic E-state index is 4.46. The summed E-state index contributed by atoms with van der Waals surface area (Å²) in [5.41, 5.74) is 2.17. The molecule has 2 heterocycles. The number of hydrogen-bond donors (Lipinski definition) is 2. The van der Waals surface area contributed by atoms with E-state index in [4.69, 9.17) is 0 Å². The average molecular weight is 262 g/mol. The molecule has 2 N–H and O–H groups in total. The van der Waals surface area contributed by atoms with E-state index in [1.165, 1.54) is 4.88 Å². The second-order valence-electron chi connectivity index (χ2n) is 4.23. The zero-order valence-electron chi connectivity index (χ0n) is 11.1. The molecule has 1 atom stereocenters. The Morgan fingerprint density at radius 3 is 2.72 bits per heavy atom. The summed E-state index contributed by atoms with van der Waals surface area (Å²) >= 11 is 1.75. The number of thiazole rings is 1. The molecule has 0 bridgehead atoms. The molecular weight excluding hydrogens is 244 g/mol. The van der Waals surface area contributed by atoms with Gasteiger partial charge in [0.2, 0.25) is 0 Å². The van der Waals surface area contributed by atoms with E-state index in [1.54, 1.807) is 17.5 Å². The van der Waals surface area contributed by atoms with Gasteiger partial charge in [-0.25, -0.2) is 9.97 Å². The van der Waals surface area contributed by atoms with Gasteiger partial charge < -0.3 is 10.6 Å². The molecule has 0 aromatic carbocycles. The monoisotopic (exact) mass is 262 g/mol. The summed E-state index contributed by atoms with van der Waals surface area (Å²) in [7, 11) is 1.87. The highest BCUT2D eigenvalue weighted by atomic mass is 32.1. The van der Waals surface area contributed by atoms with Crippen molar-refractivity contribution < 1.29 is 0 Å². The predicted molar refractivity (Wildman–Crippen MR) is 77.4 cm³/mol. The Labute approximate surface area is 111 Å². The third kappa shape index (κ3) is 2.79. The number of pyridine rings is 1. The van der Waals surface area contributed by atoms with Crippen molar-refractivity contribution in [2.45, 2.75) is 26.8 Å². The molecule has 0 aliphatic rings. The van der Waals surface area contributed by atoms with Crippen LogP contribution in [0.15, 0.2) is 18.3 Å². The van der Waals surface area contributed by atoms with Crippen LogP contribution < -0.4 is 10.6 Å². The van der Waals surface area contributed by atoms with Gasteiger partial charge in [0, 0.05) is 29.9 Å². The largest absolute Gasteiger partial charge is 0.377 e. The molecule has 18 heavy (non-hydrogen) atoms. The van der Waals surface area contributed by atoms with Crippen molar-refractivity contribution in [1.82, 2.24) is 9.97 Å². The van der Waals surface area contributed by atoms with E-state index in [9.17, 15) is 0 Å². The lowest BCUT2D eigenvalue weighted by Crippen LogP contribution is -2.06. The number of hydrogen-bond acceptors (Lipinski definition) is 5. The highest BCUT2D eigenvalue weighted by Gasteiger charge is 2.12. The molecule has 0 radical (unpaired) electrons. The number of nitrogens with zero attached hydrogens (tertiary/aromatic N) is 2. The van der Waals surface area contributed by atoms with Crippen molar-refractivity contribution in [3.63, 3.8) is 0 Å². The average Bonchev–Trinajstić information content (AvgIpc) is 2.69. The minimum absolute atomic E-state index is 0.253. The molecule has 0 spiro atoms. The number of nitrogens with one attached hydrogen (secondary N) is 2. The fraction of sp³-hybridized carbons (Fsp3) is 0.385. The van der Waals surface area contributed by atoms with Gasteiger partial charge >= 0.3 is 0 Å². The van der Waals surface area contributed by atoms with E-state index in [2.05, 4.69) is 34.4 Å². The normalized spacial score (nSPS) is 12.2. The van der Waals surface area contributed by atoms with Gasteiger partial charge in [0.1, 0.15) is 5.82 Å². The number of aromatic nitrogens is 2. The van der Waals surface area contributed by atoms with Crippen LogP contribution in [-0.2, 0) is 0 Å². The molecule has 0 saturated carbocycles. The van der Waals surface area contributed by atoms with Gasteiger partial charge in [-0.2, -0.15) is 0 Å². The molecule has 0 aliphatic heterocycles. The summed E-state index contributed by atoms with van der Waals surface area (Å²) in [5.74, 6) is 0.865. The lowest BCUT2D eigenvalue weighted by atomic mass is 10.2. The summed E-state index contributed by atoms with van der Waals surface area (Å²) < 4.78 is 0. The molecule has 2 aromatic heterocycles. The molecule has 96 valence electrons. The maximum Gasteiger partial charge on any atom is 0.127 e. The van der Waals surface area contributed by atoms with Crippen molar-refractivity contribution in [2.24, 2.45) is 0 Å². The lowest BCUT2D eigenvalue weighted by Gasteiger charge is -2.14. The SMILES string of the molecule is CNc1cc(NC(C)c2sc(C)nc2C)ccn1. The Kier molecular flexibility index (Phi) is 3.81. The van der Waals surface area contributed by atoms with E-state index in [1.807, 2.05) is 26.1 Å². The molecule has 5 heteroatoms. The van der Waals surface area contributed by atoms with Gasteiger partial charge in [-0.15, -0.1) is 11.3 Å². The van der Waals surface area contributed by atoms with Crippen LogP contribution in [0.3, 0.4) is 0 Å². The fourth-order valence-electron chi connectivity index (χ4n) is 1.92. The van der Waals surface area contributed by atoms with Crippen LogP contribution in [0.25, 0.3) is 0 Å². The van der Waals surface area contributed by atoms with Gasteiger partial charge in [0.15, 0.2) is 0 Å². The van der Waals surface area contributed by atoms with Crippen molar-refractivity contribution >= 4 is 22.8 Å². The molecule has 2 rings (SSSR count). The first kappa shape index (κ1) is 12.8. The van der Waals surface area contributed by atoms with Gasteiger partial charge in [-0.1, -0.05) is 0 Å². The number of rotatable bonds is 4. The summed E-state index contributed by atoms with van der Waals surface area (Å²) in [5, 5.41) is 7.63. The molecule has 0 amide bonds. The summed E-state index contributed by atoms with van der Waals surface area (Å²) in [6.45, 7) is 6.25. The molecule has 0 fully saturated rings. The van der Waals surface area contributed by atoms with Gasteiger partial charge in [0.25, 0.3) is 0 Å². The maximum absolute atomic E-state index is 4.46. The van der Waals surface area contributed by atoms with Crippen LogP contribution in [-0.4, -0.2) is 17.0 Å². The highest BCUT2D eigenvalue weighted by Crippen LogP contribution is 2.27. The Morgan fingerprint density at radius 2 is 2.11 bits per heavy atom. The van der Waals surface area contributed by atoms with E-state index in [0.717, 1.165) is 22.2 Å². The third-order valence-electron chi connectivity index (χ3n) is 2.73. The summed E-state index contributed by atoms with van der Waals surface area (Å²) in [6, 6.07) is 4.23. The second kappa shape index (κ2) is 5.35. The topological polar surface area (TPSA) is 49.8 Å². The molecule has 1 unspecified atom stereocenters. The Bertz CT molecular complexity index is 536. The van der Waals surface area contributed by atoms with Crippen molar-refractivity contribution in [2.75, 3.05) is 17.7 Å². The Balaban J connectivity index is 2.15. The number of anilines is 2. The van der Waals surface area contributed by atoms with Crippen LogP contribution in [0.4, 0.5) is 11.5 Å². The van der Waals surface area contributed by atoms with Crippen molar-refractivity contribution in [3.8, 4) is 0 Å². The van der Waals surface area contributed by atoms with E-state index < -0.39 is 0 Å². The standard InChI is InChI=1S/C13H18N4S/c1-8-13(18-10(3)16-8)9(2)17-11-5-6-15-12(7-11)14-4/h5-7,9H,1-4H3,(H2,14,15,17). The minimum Gasteiger partial charge on any atom is -0.377 e. The zero-order chi connectivity index (χ0) is 13.1. The first-order valence-electron chi connectivity index (χ1n) is 5.94. The predicted octanol–water partition coefficient (Wildman–Crippen LogP) is 3.37. The molecule has 0 aliphatic carbocycles. The smallest absolute Gasteiger partial charge is 0.127 e. The lowest BCUT2D eigenvalue weighted by molar-refractivity contribution is 0.889. The molecular formula is C13H18N4S. The van der Waals surface area contributed by atoms with Gasteiger partial charge in [0.05, 0.1) is 16.7 Å². The Morgan fingerprint density at radius 1 is 1.33 bits per heavy atom. The van der Waals surface area contributed by atoms with Gasteiger partial charge in [-0.05, 0) is 26.8 Å². The van der Waals surface area contributed by atoms with Crippen LogP contribution in [0.1, 0.15) is 28.5 Å². The van der Waals surface area contributed by atoms with Crippen molar-refractivity contribution in [1.29, 1.82) is 0 Å². The zero-order valence-corrected chi connectivity index (χ0v) is 11.9. The minimum atomic E-state index is 0.253. The van der Waals surface area contributed by atoms with Gasteiger partial charge in [-0.3, -0.25) is 0 Å². The van der Waals surface area contributed by atoms with E-state index >= 15 is 0 Å². The second-order valence-corrected chi connectivity index (χ2v) is 5.46.